The average molecular weight is 290 g/mol. The van der Waals surface area contributed by atoms with Crippen LogP contribution in [0.5, 0.6) is 0 Å². The molecular formula is C15H22N4S. The molecule has 0 fully saturated rings. The first-order valence-corrected chi connectivity index (χ1v) is 7.74. The number of rotatable bonds is 5. The fourth-order valence-electron chi connectivity index (χ4n) is 2.00. The molecule has 1 N–H and O–H groups in total. The van der Waals surface area contributed by atoms with Crippen molar-refractivity contribution in [2.24, 2.45) is 7.05 Å². The highest BCUT2D eigenvalue weighted by Crippen LogP contribution is 2.24. The third-order valence-corrected chi connectivity index (χ3v) is 4.83. The van der Waals surface area contributed by atoms with Crippen LogP contribution in [0.3, 0.4) is 0 Å². The Morgan fingerprint density at radius 3 is 2.50 bits per heavy atom. The van der Waals surface area contributed by atoms with Crippen molar-refractivity contribution in [2.75, 3.05) is 12.8 Å². The molecular weight excluding hydrogens is 268 g/mol. The Hall–Kier alpha value is -1.33. The van der Waals surface area contributed by atoms with Crippen molar-refractivity contribution < 1.29 is 0 Å². The fourth-order valence-corrected chi connectivity index (χ4v) is 3.10. The zero-order chi connectivity index (χ0) is 14.7. The molecule has 1 unspecified atom stereocenters. The van der Waals surface area contributed by atoms with Crippen molar-refractivity contribution in [3.05, 3.63) is 40.7 Å². The van der Waals surface area contributed by atoms with Crippen molar-refractivity contribution in [1.82, 2.24) is 20.1 Å². The molecule has 20 heavy (non-hydrogen) atoms. The minimum Gasteiger partial charge on any atom is -0.312 e. The van der Waals surface area contributed by atoms with E-state index < -0.39 is 0 Å². The maximum Gasteiger partial charge on any atom is 0.191 e. The third-order valence-electron chi connectivity index (χ3n) is 3.71. The van der Waals surface area contributed by atoms with Crippen LogP contribution < -0.4 is 5.32 Å². The highest BCUT2D eigenvalue weighted by Gasteiger charge is 2.13. The molecule has 1 atom stereocenters. The molecule has 4 nitrogen and oxygen atoms in total. The van der Waals surface area contributed by atoms with Gasteiger partial charge in [0.05, 0.1) is 0 Å². The van der Waals surface area contributed by atoms with Crippen molar-refractivity contribution in [3.8, 4) is 0 Å². The molecule has 0 bridgehead atoms. The first-order chi connectivity index (χ1) is 9.52. The van der Waals surface area contributed by atoms with Crippen LogP contribution in [0.4, 0.5) is 0 Å². The quantitative estimate of drug-likeness (QED) is 0.860. The second kappa shape index (κ2) is 6.41. The summed E-state index contributed by atoms with van der Waals surface area (Å²) in [6, 6.07) is 6.97. The molecule has 0 spiro atoms. The Balaban J connectivity index is 2.09. The number of hydrogen-bond donors (Lipinski definition) is 1. The van der Waals surface area contributed by atoms with Gasteiger partial charge in [0.2, 0.25) is 0 Å². The standard InChI is InChI=1S/C15H22N4S/c1-10-6-7-13(8-11(10)2)14(16-4)9-20-15-18-17-12(3)19(15)5/h6-8,14,16H,9H2,1-5H3. The lowest BCUT2D eigenvalue weighted by Crippen LogP contribution is -2.19. The van der Waals surface area contributed by atoms with Crippen LogP contribution in [-0.2, 0) is 7.05 Å². The second-order valence-electron chi connectivity index (χ2n) is 5.08. The van der Waals surface area contributed by atoms with E-state index in [2.05, 4.69) is 47.6 Å². The Labute approximate surface area is 125 Å². The number of nitrogens with one attached hydrogen (secondary N) is 1. The van der Waals surface area contributed by atoms with E-state index >= 15 is 0 Å². The number of aromatic nitrogens is 3. The van der Waals surface area contributed by atoms with Crippen molar-refractivity contribution in [2.45, 2.75) is 32.0 Å². The highest BCUT2D eigenvalue weighted by molar-refractivity contribution is 7.99. The number of aryl methyl sites for hydroxylation is 3. The normalized spacial score (nSPS) is 12.7. The van der Waals surface area contributed by atoms with Gasteiger partial charge in [-0.3, -0.25) is 0 Å². The number of hydrogen-bond acceptors (Lipinski definition) is 4. The van der Waals surface area contributed by atoms with Crippen LogP contribution in [0.25, 0.3) is 0 Å². The Morgan fingerprint density at radius 2 is 1.95 bits per heavy atom. The Morgan fingerprint density at radius 1 is 1.20 bits per heavy atom. The lowest BCUT2D eigenvalue weighted by molar-refractivity contribution is 0.658. The van der Waals surface area contributed by atoms with Gasteiger partial charge in [-0.15, -0.1) is 10.2 Å². The summed E-state index contributed by atoms with van der Waals surface area (Å²) in [7, 11) is 4.00. The maximum atomic E-state index is 4.20. The molecule has 5 heteroatoms. The van der Waals surface area contributed by atoms with Gasteiger partial charge in [-0.25, -0.2) is 0 Å². The van der Waals surface area contributed by atoms with Gasteiger partial charge >= 0.3 is 0 Å². The van der Waals surface area contributed by atoms with E-state index in [1.165, 1.54) is 16.7 Å². The van der Waals surface area contributed by atoms with Gasteiger partial charge in [0, 0.05) is 18.8 Å². The van der Waals surface area contributed by atoms with E-state index in [4.69, 9.17) is 0 Å². The molecule has 1 aromatic carbocycles. The summed E-state index contributed by atoms with van der Waals surface area (Å²) < 4.78 is 2.03. The summed E-state index contributed by atoms with van der Waals surface area (Å²) in [4.78, 5) is 0. The molecule has 0 aliphatic heterocycles. The molecule has 2 aromatic rings. The van der Waals surface area contributed by atoms with Crippen molar-refractivity contribution in [1.29, 1.82) is 0 Å². The summed E-state index contributed by atoms with van der Waals surface area (Å²) in [5.41, 5.74) is 3.99. The topological polar surface area (TPSA) is 42.7 Å². The highest BCUT2D eigenvalue weighted by atomic mass is 32.2. The second-order valence-corrected chi connectivity index (χ2v) is 6.07. The molecule has 0 radical (unpaired) electrons. The lowest BCUT2D eigenvalue weighted by Gasteiger charge is -2.17. The summed E-state index contributed by atoms with van der Waals surface area (Å²) >= 11 is 1.73. The monoisotopic (exact) mass is 290 g/mol. The summed E-state index contributed by atoms with van der Waals surface area (Å²) in [5, 5.41) is 12.6. The molecule has 0 amide bonds. The van der Waals surface area contributed by atoms with Crippen molar-refractivity contribution in [3.63, 3.8) is 0 Å². The fraction of sp³-hybridized carbons (Fsp3) is 0.467. The molecule has 0 saturated carbocycles. The van der Waals surface area contributed by atoms with Crippen molar-refractivity contribution >= 4 is 11.8 Å². The third kappa shape index (κ3) is 3.22. The minimum absolute atomic E-state index is 0.316. The maximum absolute atomic E-state index is 4.20. The van der Waals surface area contributed by atoms with Gasteiger partial charge in [-0.05, 0) is 44.5 Å². The molecule has 0 aliphatic rings. The predicted molar refractivity (Wildman–Crippen MR) is 84.2 cm³/mol. The predicted octanol–water partition coefficient (Wildman–Crippen LogP) is 2.79. The van der Waals surface area contributed by atoms with E-state index in [0.717, 1.165) is 16.7 Å². The van der Waals surface area contributed by atoms with Gasteiger partial charge in [0.15, 0.2) is 5.16 Å². The van der Waals surface area contributed by atoms with Crippen LogP contribution in [0.1, 0.15) is 28.6 Å². The molecule has 1 aromatic heterocycles. The first kappa shape index (κ1) is 15.1. The van der Waals surface area contributed by atoms with E-state index in [1.807, 2.05) is 25.6 Å². The molecule has 2 rings (SSSR count). The molecule has 108 valence electrons. The van der Waals surface area contributed by atoms with E-state index in [1.54, 1.807) is 11.8 Å². The molecule has 0 saturated heterocycles. The SMILES string of the molecule is CNC(CSc1nnc(C)n1C)c1ccc(C)c(C)c1. The number of thioether (sulfide) groups is 1. The summed E-state index contributed by atoms with van der Waals surface area (Å²) in [6.07, 6.45) is 0. The van der Waals surface area contributed by atoms with E-state index in [0.29, 0.717) is 6.04 Å². The molecule has 1 heterocycles. The Bertz CT molecular complexity index is 592. The average Bonchev–Trinajstić information content (AvgIpc) is 2.75. The largest absolute Gasteiger partial charge is 0.312 e. The van der Waals surface area contributed by atoms with E-state index in [-0.39, 0.29) is 0 Å². The van der Waals surface area contributed by atoms with Crippen LogP contribution in [-0.4, -0.2) is 27.6 Å². The number of nitrogens with zero attached hydrogens (tertiary/aromatic N) is 3. The van der Waals surface area contributed by atoms with E-state index in [9.17, 15) is 0 Å². The zero-order valence-corrected chi connectivity index (χ0v) is 13.6. The van der Waals surface area contributed by atoms with Gasteiger partial charge < -0.3 is 9.88 Å². The van der Waals surface area contributed by atoms with Crippen LogP contribution >= 0.6 is 11.8 Å². The van der Waals surface area contributed by atoms with Crippen LogP contribution in [0, 0.1) is 20.8 Å². The summed E-state index contributed by atoms with van der Waals surface area (Å²) in [6.45, 7) is 6.27. The van der Waals surface area contributed by atoms with Gasteiger partial charge in [0.1, 0.15) is 5.82 Å². The zero-order valence-electron chi connectivity index (χ0n) is 12.8. The first-order valence-electron chi connectivity index (χ1n) is 6.76. The smallest absolute Gasteiger partial charge is 0.191 e. The van der Waals surface area contributed by atoms with Gasteiger partial charge in [-0.2, -0.15) is 0 Å². The Kier molecular flexibility index (Phi) is 4.83. The van der Waals surface area contributed by atoms with Crippen LogP contribution in [0.2, 0.25) is 0 Å². The number of benzene rings is 1. The van der Waals surface area contributed by atoms with Gasteiger partial charge in [-0.1, -0.05) is 30.0 Å². The lowest BCUT2D eigenvalue weighted by atomic mass is 10.0. The minimum atomic E-state index is 0.316. The summed E-state index contributed by atoms with van der Waals surface area (Å²) in [5.74, 6) is 1.88. The van der Waals surface area contributed by atoms with Gasteiger partial charge in [0.25, 0.3) is 0 Å². The molecule has 0 aliphatic carbocycles. The van der Waals surface area contributed by atoms with Crippen LogP contribution in [0.15, 0.2) is 23.4 Å².